The number of hydrogen-bond acceptors (Lipinski definition) is 4. The second-order valence-corrected chi connectivity index (χ2v) is 5.56. The molecule has 0 saturated heterocycles. The Morgan fingerprint density at radius 3 is 2.56 bits per heavy atom. The fourth-order valence-corrected chi connectivity index (χ4v) is 2.45. The van der Waals surface area contributed by atoms with Crippen LogP contribution >= 0.6 is 0 Å². The average molecular weight is 343 g/mol. The van der Waals surface area contributed by atoms with Gasteiger partial charge in [-0.1, -0.05) is 12.1 Å². The van der Waals surface area contributed by atoms with Crippen LogP contribution in [0.5, 0.6) is 5.75 Å². The number of aromatic carboxylic acids is 1. The summed E-state index contributed by atoms with van der Waals surface area (Å²) in [5.74, 6) is -0.491. The van der Waals surface area contributed by atoms with Gasteiger partial charge in [-0.2, -0.15) is 0 Å². The predicted molar refractivity (Wildman–Crippen MR) is 94.1 cm³/mol. The lowest BCUT2D eigenvalue weighted by Gasteiger charge is -2.09. The molecule has 2 aromatic carbocycles. The first kappa shape index (κ1) is 18.5. The van der Waals surface area contributed by atoms with E-state index in [9.17, 15) is 14.7 Å². The zero-order chi connectivity index (χ0) is 18.2. The predicted octanol–water partition coefficient (Wildman–Crippen LogP) is 3.11. The van der Waals surface area contributed by atoms with Crippen molar-refractivity contribution in [1.82, 2.24) is 0 Å². The van der Waals surface area contributed by atoms with Gasteiger partial charge in [-0.3, -0.25) is 4.79 Å². The monoisotopic (exact) mass is 343 g/mol. The van der Waals surface area contributed by atoms with E-state index >= 15 is 0 Å². The molecule has 0 radical (unpaired) electrons. The quantitative estimate of drug-likeness (QED) is 0.769. The van der Waals surface area contributed by atoms with E-state index in [1.165, 1.54) is 19.2 Å². The SMILES string of the molecule is COCc1cc(NC(=O)CCc2cccc(OC)c2)cc(C(=O)O)c1. The number of carbonyl (C=O) groups excluding carboxylic acids is 1. The summed E-state index contributed by atoms with van der Waals surface area (Å²) in [7, 11) is 3.12. The molecule has 0 heterocycles. The van der Waals surface area contributed by atoms with Crippen molar-refractivity contribution in [3.05, 3.63) is 59.2 Å². The standard InChI is InChI=1S/C19H21NO5/c1-24-12-14-8-15(19(22)23)11-16(9-14)20-18(21)7-6-13-4-3-5-17(10-13)25-2/h3-5,8-11H,6-7,12H2,1-2H3,(H,20,21)(H,22,23). The molecule has 0 aliphatic heterocycles. The van der Waals surface area contributed by atoms with Crippen molar-refractivity contribution in [2.75, 3.05) is 19.5 Å². The highest BCUT2D eigenvalue weighted by molar-refractivity contribution is 5.94. The smallest absolute Gasteiger partial charge is 0.335 e. The van der Waals surface area contributed by atoms with Gasteiger partial charge >= 0.3 is 5.97 Å². The van der Waals surface area contributed by atoms with Crippen molar-refractivity contribution in [3.8, 4) is 5.75 Å². The van der Waals surface area contributed by atoms with E-state index in [-0.39, 0.29) is 24.5 Å². The van der Waals surface area contributed by atoms with Gasteiger partial charge in [-0.15, -0.1) is 0 Å². The molecule has 2 N–H and O–H groups in total. The minimum absolute atomic E-state index is 0.109. The molecule has 25 heavy (non-hydrogen) atoms. The van der Waals surface area contributed by atoms with E-state index in [1.54, 1.807) is 13.2 Å². The molecule has 132 valence electrons. The zero-order valence-corrected chi connectivity index (χ0v) is 14.2. The number of nitrogens with one attached hydrogen (secondary N) is 1. The summed E-state index contributed by atoms with van der Waals surface area (Å²) < 4.78 is 10.2. The highest BCUT2D eigenvalue weighted by atomic mass is 16.5. The molecule has 0 unspecified atom stereocenters. The van der Waals surface area contributed by atoms with Gasteiger partial charge in [0.15, 0.2) is 0 Å². The number of benzene rings is 2. The van der Waals surface area contributed by atoms with Crippen LogP contribution in [0.3, 0.4) is 0 Å². The molecular formula is C19H21NO5. The summed E-state index contributed by atoms with van der Waals surface area (Å²) in [4.78, 5) is 23.4. The van der Waals surface area contributed by atoms with Crippen molar-refractivity contribution in [1.29, 1.82) is 0 Å². The Labute approximate surface area is 146 Å². The van der Waals surface area contributed by atoms with E-state index in [4.69, 9.17) is 9.47 Å². The summed E-state index contributed by atoms with van der Waals surface area (Å²) in [6.45, 7) is 0.272. The van der Waals surface area contributed by atoms with Crippen LogP contribution in [0.2, 0.25) is 0 Å². The Morgan fingerprint density at radius 2 is 1.88 bits per heavy atom. The van der Waals surface area contributed by atoms with Crippen molar-refractivity contribution in [3.63, 3.8) is 0 Å². The van der Waals surface area contributed by atoms with Crippen LogP contribution in [-0.2, 0) is 22.6 Å². The Balaban J connectivity index is 2.02. The van der Waals surface area contributed by atoms with Gasteiger partial charge in [-0.25, -0.2) is 4.79 Å². The Morgan fingerprint density at radius 1 is 1.08 bits per heavy atom. The highest BCUT2D eigenvalue weighted by Crippen LogP contribution is 2.18. The second-order valence-electron chi connectivity index (χ2n) is 5.56. The van der Waals surface area contributed by atoms with Gasteiger partial charge in [0.25, 0.3) is 0 Å². The molecule has 6 nitrogen and oxygen atoms in total. The van der Waals surface area contributed by atoms with Crippen molar-refractivity contribution in [2.45, 2.75) is 19.4 Å². The topological polar surface area (TPSA) is 84.9 Å². The number of aryl methyl sites for hydroxylation is 1. The summed E-state index contributed by atoms with van der Waals surface area (Å²) in [6.07, 6.45) is 0.844. The summed E-state index contributed by atoms with van der Waals surface area (Å²) in [5, 5.41) is 11.9. The molecule has 0 saturated carbocycles. The number of ether oxygens (including phenoxy) is 2. The fourth-order valence-electron chi connectivity index (χ4n) is 2.45. The van der Waals surface area contributed by atoms with E-state index in [0.717, 1.165) is 11.3 Å². The van der Waals surface area contributed by atoms with E-state index in [1.807, 2.05) is 24.3 Å². The van der Waals surface area contributed by atoms with Crippen LogP contribution in [-0.4, -0.2) is 31.2 Å². The minimum atomic E-state index is -1.05. The molecule has 0 aliphatic carbocycles. The summed E-state index contributed by atoms with van der Waals surface area (Å²) >= 11 is 0. The van der Waals surface area contributed by atoms with Crippen LogP contribution in [0.25, 0.3) is 0 Å². The van der Waals surface area contributed by atoms with E-state index in [0.29, 0.717) is 17.7 Å². The third-order valence-corrected chi connectivity index (χ3v) is 3.61. The van der Waals surface area contributed by atoms with Crippen LogP contribution in [0.15, 0.2) is 42.5 Å². The maximum Gasteiger partial charge on any atom is 0.335 e. The van der Waals surface area contributed by atoms with E-state index < -0.39 is 5.97 Å². The number of amides is 1. The van der Waals surface area contributed by atoms with Gasteiger partial charge < -0.3 is 19.9 Å². The number of methoxy groups -OCH3 is 2. The first-order chi connectivity index (χ1) is 12.0. The maximum absolute atomic E-state index is 12.2. The van der Waals surface area contributed by atoms with Crippen LogP contribution in [0.1, 0.15) is 27.9 Å². The minimum Gasteiger partial charge on any atom is -0.497 e. The van der Waals surface area contributed by atoms with E-state index in [2.05, 4.69) is 5.32 Å². The zero-order valence-electron chi connectivity index (χ0n) is 14.2. The second kappa shape index (κ2) is 8.84. The summed E-state index contributed by atoms with van der Waals surface area (Å²) in [5.41, 5.74) is 2.24. The molecule has 0 aliphatic rings. The number of rotatable bonds is 8. The Kier molecular flexibility index (Phi) is 6.54. The average Bonchev–Trinajstić information content (AvgIpc) is 2.60. The van der Waals surface area contributed by atoms with Gasteiger partial charge in [0.2, 0.25) is 5.91 Å². The number of anilines is 1. The van der Waals surface area contributed by atoms with Crippen LogP contribution in [0, 0.1) is 0 Å². The van der Waals surface area contributed by atoms with Crippen LogP contribution < -0.4 is 10.1 Å². The molecule has 1 amide bonds. The van der Waals surface area contributed by atoms with Crippen molar-refractivity contribution >= 4 is 17.6 Å². The number of hydrogen-bond donors (Lipinski definition) is 2. The molecular weight excluding hydrogens is 322 g/mol. The van der Waals surface area contributed by atoms with Crippen LogP contribution in [0.4, 0.5) is 5.69 Å². The Hall–Kier alpha value is -2.86. The van der Waals surface area contributed by atoms with Gasteiger partial charge in [-0.05, 0) is 47.9 Å². The van der Waals surface area contributed by atoms with Crippen molar-refractivity contribution < 1.29 is 24.2 Å². The number of carbonyl (C=O) groups is 2. The lowest BCUT2D eigenvalue weighted by atomic mass is 10.1. The van der Waals surface area contributed by atoms with Crippen molar-refractivity contribution in [2.24, 2.45) is 0 Å². The fraction of sp³-hybridized carbons (Fsp3) is 0.263. The third kappa shape index (κ3) is 5.61. The Bertz CT molecular complexity index is 757. The largest absolute Gasteiger partial charge is 0.497 e. The third-order valence-electron chi connectivity index (χ3n) is 3.61. The molecule has 0 fully saturated rings. The molecule has 0 atom stereocenters. The van der Waals surface area contributed by atoms with Gasteiger partial charge in [0.1, 0.15) is 5.75 Å². The molecule has 2 aromatic rings. The first-order valence-electron chi connectivity index (χ1n) is 7.81. The number of carboxylic acids is 1. The van der Waals surface area contributed by atoms with Gasteiger partial charge in [0, 0.05) is 19.2 Å². The van der Waals surface area contributed by atoms with Gasteiger partial charge in [0.05, 0.1) is 19.3 Å². The molecule has 6 heteroatoms. The highest BCUT2D eigenvalue weighted by Gasteiger charge is 2.10. The molecule has 0 aromatic heterocycles. The lowest BCUT2D eigenvalue weighted by molar-refractivity contribution is -0.116. The molecule has 2 rings (SSSR count). The molecule has 0 bridgehead atoms. The normalized spacial score (nSPS) is 10.3. The molecule has 0 spiro atoms. The first-order valence-corrected chi connectivity index (χ1v) is 7.81. The number of carboxylic acid groups (broad SMARTS) is 1. The summed E-state index contributed by atoms with van der Waals surface area (Å²) in [6, 6.07) is 12.2. The lowest BCUT2D eigenvalue weighted by Crippen LogP contribution is -2.13. The maximum atomic E-state index is 12.2.